The van der Waals surface area contributed by atoms with Crippen LogP contribution in [-0.2, 0) is 4.79 Å². The Balaban J connectivity index is 3.61. The highest BCUT2D eigenvalue weighted by Crippen LogP contribution is 2.26. The van der Waals surface area contributed by atoms with E-state index in [1.54, 1.807) is 0 Å². The number of amides is 1. The van der Waals surface area contributed by atoms with Crippen molar-refractivity contribution in [2.75, 3.05) is 14.1 Å². The third kappa shape index (κ3) is 11.2. The van der Waals surface area contributed by atoms with E-state index in [2.05, 4.69) is 13.8 Å². The van der Waals surface area contributed by atoms with E-state index in [1.807, 2.05) is 19.0 Å². The number of nitrogens with two attached hydrogens (primary N) is 1. The fourth-order valence-corrected chi connectivity index (χ4v) is 4.06. The molecule has 156 valence electrons. The van der Waals surface area contributed by atoms with Gasteiger partial charge in [-0.15, -0.1) is 0 Å². The van der Waals surface area contributed by atoms with Gasteiger partial charge in [0.25, 0.3) is 0 Å². The van der Waals surface area contributed by atoms with Crippen molar-refractivity contribution in [3.8, 4) is 0 Å². The lowest BCUT2D eigenvalue weighted by Gasteiger charge is -2.37. The molecule has 0 fully saturated rings. The summed E-state index contributed by atoms with van der Waals surface area (Å²) >= 11 is 0. The summed E-state index contributed by atoms with van der Waals surface area (Å²) in [6, 6.07) is 0. The lowest BCUT2D eigenvalue weighted by molar-refractivity contribution is -0.129. The highest BCUT2D eigenvalue weighted by atomic mass is 16.1. The van der Waals surface area contributed by atoms with Gasteiger partial charge in [-0.2, -0.15) is 0 Å². The van der Waals surface area contributed by atoms with Crippen LogP contribution in [0.1, 0.15) is 123 Å². The number of hydrogen-bond acceptors (Lipinski definition) is 2. The van der Waals surface area contributed by atoms with Gasteiger partial charge in [-0.1, -0.05) is 110 Å². The summed E-state index contributed by atoms with van der Waals surface area (Å²) in [6.07, 6.45) is 21.8. The maximum atomic E-state index is 12.0. The molecule has 0 radical (unpaired) electrons. The fourth-order valence-electron chi connectivity index (χ4n) is 4.06. The standard InChI is InChI=1S/C23H48N2O/c1-5-7-8-9-10-11-12-13-14-15-16-17-18-19-21-23(20-6-2,22(24)26)25(3)4/h5-21H2,1-4H3,(H2,24,26). The first-order valence-electron chi connectivity index (χ1n) is 11.5. The lowest BCUT2D eigenvalue weighted by Crippen LogP contribution is -2.54. The Morgan fingerprint density at radius 3 is 1.35 bits per heavy atom. The molecule has 0 aliphatic rings. The Kier molecular flexibility index (Phi) is 16.2. The molecule has 1 atom stereocenters. The van der Waals surface area contributed by atoms with Crippen LogP contribution < -0.4 is 5.73 Å². The van der Waals surface area contributed by atoms with Gasteiger partial charge in [0.05, 0.1) is 5.54 Å². The Morgan fingerprint density at radius 1 is 0.654 bits per heavy atom. The zero-order chi connectivity index (χ0) is 19.7. The zero-order valence-corrected chi connectivity index (χ0v) is 18.5. The second-order valence-corrected chi connectivity index (χ2v) is 8.39. The largest absolute Gasteiger partial charge is 0.368 e. The zero-order valence-electron chi connectivity index (χ0n) is 18.5. The van der Waals surface area contributed by atoms with Crippen LogP contribution in [0.5, 0.6) is 0 Å². The van der Waals surface area contributed by atoms with Gasteiger partial charge in [0.2, 0.25) is 5.91 Å². The van der Waals surface area contributed by atoms with Crippen LogP contribution in [-0.4, -0.2) is 30.4 Å². The number of rotatable bonds is 19. The Morgan fingerprint density at radius 2 is 1.04 bits per heavy atom. The topological polar surface area (TPSA) is 46.3 Å². The molecular formula is C23H48N2O. The smallest absolute Gasteiger partial charge is 0.237 e. The molecule has 2 N–H and O–H groups in total. The number of primary amides is 1. The quantitative estimate of drug-likeness (QED) is 0.266. The van der Waals surface area contributed by atoms with Crippen LogP contribution in [0.4, 0.5) is 0 Å². The van der Waals surface area contributed by atoms with E-state index in [0.29, 0.717) is 0 Å². The lowest BCUT2D eigenvalue weighted by atomic mass is 9.85. The molecule has 3 nitrogen and oxygen atoms in total. The molecule has 26 heavy (non-hydrogen) atoms. The van der Waals surface area contributed by atoms with E-state index in [-0.39, 0.29) is 5.91 Å². The molecule has 0 aromatic rings. The monoisotopic (exact) mass is 368 g/mol. The second-order valence-electron chi connectivity index (χ2n) is 8.39. The molecular weight excluding hydrogens is 320 g/mol. The number of likely N-dealkylation sites (N-methyl/N-ethyl adjacent to an activating group) is 1. The van der Waals surface area contributed by atoms with Crippen molar-refractivity contribution in [2.45, 2.75) is 129 Å². The fraction of sp³-hybridized carbons (Fsp3) is 0.957. The summed E-state index contributed by atoms with van der Waals surface area (Å²) in [6.45, 7) is 4.41. The van der Waals surface area contributed by atoms with Crippen LogP contribution >= 0.6 is 0 Å². The number of carbonyl (C=O) groups excluding carboxylic acids is 1. The predicted octanol–water partition coefficient (Wildman–Crippen LogP) is 6.44. The van der Waals surface area contributed by atoms with Gasteiger partial charge in [-0.25, -0.2) is 0 Å². The highest BCUT2D eigenvalue weighted by Gasteiger charge is 2.37. The Hall–Kier alpha value is -0.570. The van der Waals surface area contributed by atoms with Crippen LogP contribution in [0, 0.1) is 0 Å². The molecule has 0 rings (SSSR count). The van der Waals surface area contributed by atoms with Gasteiger partial charge >= 0.3 is 0 Å². The third-order valence-electron chi connectivity index (χ3n) is 5.92. The third-order valence-corrected chi connectivity index (χ3v) is 5.92. The average molecular weight is 369 g/mol. The first-order chi connectivity index (χ1) is 12.5. The Labute approximate surface area is 164 Å². The summed E-state index contributed by atoms with van der Waals surface area (Å²) in [4.78, 5) is 14.0. The van der Waals surface area contributed by atoms with Gasteiger partial charge in [-0.3, -0.25) is 9.69 Å². The first-order valence-corrected chi connectivity index (χ1v) is 11.5. The van der Waals surface area contributed by atoms with Crippen molar-refractivity contribution < 1.29 is 4.79 Å². The first kappa shape index (κ1) is 25.4. The summed E-state index contributed by atoms with van der Waals surface area (Å²) in [5.74, 6) is -0.154. The molecule has 0 aromatic heterocycles. The number of carbonyl (C=O) groups is 1. The van der Waals surface area contributed by atoms with Crippen molar-refractivity contribution in [1.29, 1.82) is 0 Å². The van der Waals surface area contributed by atoms with Gasteiger partial charge in [0.15, 0.2) is 0 Å². The number of unbranched alkanes of at least 4 members (excludes halogenated alkanes) is 13. The molecule has 3 heteroatoms. The molecule has 0 aromatic carbocycles. The maximum Gasteiger partial charge on any atom is 0.237 e. The molecule has 1 amide bonds. The average Bonchev–Trinajstić information content (AvgIpc) is 2.60. The van der Waals surface area contributed by atoms with Crippen LogP contribution in [0.25, 0.3) is 0 Å². The molecule has 0 saturated heterocycles. The van der Waals surface area contributed by atoms with E-state index < -0.39 is 5.54 Å². The van der Waals surface area contributed by atoms with Crippen LogP contribution in [0.3, 0.4) is 0 Å². The molecule has 0 bridgehead atoms. The summed E-state index contributed by atoms with van der Waals surface area (Å²) < 4.78 is 0. The summed E-state index contributed by atoms with van der Waals surface area (Å²) in [7, 11) is 3.98. The van der Waals surface area contributed by atoms with Crippen molar-refractivity contribution in [3.63, 3.8) is 0 Å². The maximum absolute atomic E-state index is 12.0. The summed E-state index contributed by atoms with van der Waals surface area (Å²) in [5.41, 5.74) is 5.29. The van der Waals surface area contributed by atoms with Gasteiger partial charge in [-0.05, 0) is 26.9 Å². The van der Waals surface area contributed by atoms with E-state index in [1.165, 1.54) is 83.5 Å². The Bertz CT molecular complexity index is 330. The minimum Gasteiger partial charge on any atom is -0.368 e. The molecule has 0 heterocycles. The minimum absolute atomic E-state index is 0.154. The van der Waals surface area contributed by atoms with E-state index in [0.717, 1.165) is 25.7 Å². The van der Waals surface area contributed by atoms with E-state index in [9.17, 15) is 4.79 Å². The van der Waals surface area contributed by atoms with E-state index in [4.69, 9.17) is 5.73 Å². The molecule has 0 aliphatic carbocycles. The second kappa shape index (κ2) is 16.6. The summed E-state index contributed by atoms with van der Waals surface area (Å²) in [5, 5.41) is 0. The number of hydrogen-bond donors (Lipinski definition) is 1. The number of nitrogens with zero attached hydrogens (tertiary/aromatic N) is 1. The van der Waals surface area contributed by atoms with Gasteiger partial charge < -0.3 is 5.73 Å². The van der Waals surface area contributed by atoms with E-state index >= 15 is 0 Å². The van der Waals surface area contributed by atoms with Gasteiger partial charge in [0, 0.05) is 0 Å². The van der Waals surface area contributed by atoms with Crippen molar-refractivity contribution in [2.24, 2.45) is 5.73 Å². The normalized spacial score (nSPS) is 13.9. The van der Waals surface area contributed by atoms with Crippen molar-refractivity contribution in [3.05, 3.63) is 0 Å². The van der Waals surface area contributed by atoms with Crippen LogP contribution in [0.15, 0.2) is 0 Å². The highest BCUT2D eigenvalue weighted by molar-refractivity contribution is 5.84. The SMILES string of the molecule is CCCCCCCCCCCCCCCCC(CCC)(C(N)=O)N(C)C. The van der Waals surface area contributed by atoms with Crippen LogP contribution in [0.2, 0.25) is 0 Å². The van der Waals surface area contributed by atoms with Gasteiger partial charge in [0.1, 0.15) is 0 Å². The molecule has 0 spiro atoms. The molecule has 0 saturated carbocycles. The van der Waals surface area contributed by atoms with Crippen molar-refractivity contribution in [1.82, 2.24) is 4.90 Å². The minimum atomic E-state index is -0.439. The molecule has 0 aliphatic heterocycles. The molecule has 1 unspecified atom stereocenters. The van der Waals surface area contributed by atoms with Crippen molar-refractivity contribution >= 4 is 5.91 Å². The predicted molar refractivity (Wildman–Crippen MR) is 115 cm³/mol.